The summed E-state index contributed by atoms with van der Waals surface area (Å²) < 4.78 is 71.7. The molecule has 2 rings (SSSR count). The second-order valence-corrected chi connectivity index (χ2v) is 5.09. The number of hydrogen-bond acceptors (Lipinski definition) is 2. The third kappa shape index (κ3) is 3.37. The molecule has 1 heterocycles. The van der Waals surface area contributed by atoms with Crippen LogP contribution in [0.25, 0.3) is 0 Å². The van der Waals surface area contributed by atoms with Gasteiger partial charge in [0.1, 0.15) is 11.6 Å². The predicted molar refractivity (Wildman–Crippen MR) is 66.8 cm³/mol. The van der Waals surface area contributed by atoms with Crippen molar-refractivity contribution in [3.63, 3.8) is 0 Å². The molecule has 3 nitrogen and oxygen atoms in total. The van der Waals surface area contributed by atoms with E-state index < -0.39 is 47.3 Å². The van der Waals surface area contributed by atoms with Crippen molar-refractivity contribution in [2.45, 2.75) is 31.7 Å². The van der Waals surface area contributed by atoms with Crippen LogP contribution in [-0.4, -0.2) is 24.8 Å². The number of alkyl halides is 3. The molecule has 1 aromatic carbocycles. The second kappa shape index (κ2) is 6.20. The molecule has 1 fully saturated rings. The van der Waals surface area contributed by atoms with Gasteiger partial charge in [-0.1, -0.05) is 6.07 Å². The molecule has 1 N–H and O–H groups in total. The number of halogens is 5. The zero-order valence-corrected chi connectivity index (χ0v) is 11.6. The Balaban J connectivity index is 2.30. The van der Waals surface area contributed by atoms with Gasteiger partial charge in [0, 0.05) is 6.61 Å². The topological polar surface area (TPSA) is 38.3 Å². The van der Waals surface area contributed by atoms with E-state index in [-0.39, 0.29) is 13.0 Å². The van der Waals surface area contributed by atoms with Gasteiger partial charge in [-0.2, -0.15) is 13.2 Å². The Labute approximate surface area is 123 Å². The van der Waals surface area contributed by atoms with Gasteiger partial charge in [-0.3, -0.25) is 4.79 Å². The molecule has 0 aromatic heterocycles. The average molecular weight is 323 g/mol. The largest absolute Gasteiger partial charge is 0.413 e. The molecule has 1 aliphatic rings. The summed E-state index contributed by atoms with van der Waals surface area (Å²) in [6, 6.07) is -0.361. The Bertz CT molecular complexity index is 540. The zero-order valence-electron chi connectivity index (χ0n) is 11.6. The average Bonchev–Trinajstić information content (AvgIpc) is 2.82. The highest BCUT2D eigenvalue weighted by Gasteiger charge is 2.46. The van der Waals surface area contributed by atoms with E-state index in [0.717, 1.165) is 6.07 Å². The molecule has 1 saturated heterocycles. The third-order valence-corrected chi connectivity index (χ3v) is 3.62. The number of amides is 1. The number of carbonyl (C=O) groups is 1. The van der Waals surface area contributed by atoms with Crippen LogP contribution in [0.5, 0.6) is 0 Å². The van der Waals surface area contributed by atoms with Crippen LogP contribution in [0.15, 0.2) is 18.2 Å². The number of nitrogens with one attached hydrogen (secondary N) is 1. The SMILES string of the molecule is C[C@@H]1OCC[C@@H]1C(=O)N[C@H](c1c(F)cccc1F)C(F)(F)F. The first kappa shape index (κ1) is 16.7. The van der Waals surface area contributed by atoms with Gasteiger partial charge in [0.25, 0.3) is 0 Å². The molecule has 122 valence electrons. The molecule has 0 spiro atoms. The molecule has 0 saturated carbocycles. The highest BCUT2D eigenvalue weighted by atomic mass is 19.4. The summed E-state index contributed by atoms with van der Waals surface area (Å²) >= 11 is 0. The maximum absolute atomic E-state index is 13.6. The van der Waals surface area contributed by atoms with Crippen LogP contribution in [0.3, 0.4) is 0 Å². The van der Waals surface area contributed by atoms with Crippen LogP contribution in [-0.2, 0) is 9.53 Å². The van der Waals surface area contributed by atoms with Gasteiger partial charge in [-0.05, 0) is 25.5 Å². The first-order chi connectivity index (χ1) is 10.2. The number of hydrogen-bond donors (Lipinski definition) is 1. The van der Waals surface area contributed by atoms with E-state index in [0.29, 0.717) is 12.1 Å². The normalized spacial score (nSPS) is 23.4. The Kier molecular flexibility index (Phi) is 4.69. The summed E-state index contributed by atoms with van der Waals surface area (Å²) in [7, 11) is 0. The molecule has 3 atom stereocenters. The lowest BCUT2D eigenvalue weighted by molar-refractivity contribution is -0.166. The molecule has 0 aliphatic carbocycles. The van der Waals surface area contributed by atoms with Crippen molar-refractivity contribution in [3.05, 3.63) is 35.4 Å². The first-order valence-corrected chi connectivity index (χ1v) is 6.64. The van der Waals surface area contributed by atoms with Gasteiger partial charge in [0.05, 0.1) is 17.6 Å². The van der Waals surface area contributed by atoms with E-state index in [4.69, 9.17) is 4.74 Å². The van der Waals surface area contributed by atoms with Crippen molar-refractivity contribution in [3.8, 4) is 0 Å². The third-order valence-electron chi connectivity index (χ3n) is 3.62. The van der Waals surface area contributed by atoms with E-state index in [1.165, 1.54) is 0 Å². The monoisotopic (exact) mass is 323 g/mol. The Hall–Kier alpha value is -1.70. The van der Waals surface area contributed by atoms with E-state index in [2.05, 4.69) is 0 Å². The molecule has 1 aliphatic heterocycles. The summed E-state index contributed by atoms with van der Waals surface area (Å²) in [6.07, 6.45) is -5.31. The van der Waals surface area contributed by atoms with Crippen molar-refractivity contribution in [1.29, 1.82) is 0 Å². The minimum atomic E-state index is -5.03. The fourth-order valence-electron chi connectivity index (χ4n) is 2.43. The molecule has 0 bridgehead atoms. The van der Waals surface area contributed by atoms with Crippen LogP contribution in [0.1, 0.15) is 24.9 Å². The highest BCUT2D eigenvalue weighted by Crippen LogP contribution is 2.36. The molecule has 1 aromatic rings. The van der Waals surface area contributed by atoms with Crippen molar-refractivity contribution in [2.24, 2.45) is 5.92 Å². The summed E-state index contributed by atoms with van der Waals surface area (Å²) in [6.45, 7) is 1.81. The van der Waals surface area contributed by atoms with Crippen molar-refractivity contribution in [2.75, 3.05) is 6.61 Å². The van der Waals surface area contributed by atoms with Crippen molar-refractivity contribution < 1.29 is 31.5 Å². The molecular formula is C14H14F5NO2. The second-order valence-electron chi connectivity index (χ2n) is 5.09. The maximum atomic E-state index is 13.6. The maximum Gasteiger partial charge on any atom is 0.413 e. The molecule has 1 amide bonds. The Morgan fingerprint density at radius 2 is 1.91 bits per heavy atom. The summed E-state index contributed by atoms with van der Waals surface area (Å²) in [4.78, 5) is 12.0. The van der Waals surface area contributed by atoms with Gasteiger partial charge < -0.3 is 10.1 Å². The fourth-order valence-corrected chi connectivity index (χ4v) is 2.43. The summed E-state index contributed by atoms with van der Waals surface area (Å²) in [5, 5.41) is 1.70. The molecule has 8 heteroatoms. The van der Waals surface area contributed by atoms with Crippen LogP contribution in [0.4, 0.5) is 22.0 Å². The minimum absolute atomic E-state index is 0.254. The quantitative estimate of drug-likeness (QED) is 0.868. The standard InChI is InChI=1S/C14H14F5NO2/c1-7-8(5-6-22-7)13(21)20-12(14(17,18)19)11-9(15)3-2-4-10(11)16/h2-4,7-8,12H,5-6H2,1H3,(H,20,21)/t7-,8-,12+/m0/s1. The lowest BCUT2D eigenvalue weighted by atomic mass is 9.99. The van der Waals surface area contributed by atoms with E-state index >= 15 is 0 Å². The zero-order chi connectivity index (χ0) is 16.5. The highest BCUT2D eigenvalue weighted by molar-refractivity contribution is 5.80. The minimum Gasteiger partial charge on any atom is -0.378 e. The van der Waals surface area contributed by atoms with Crippen molar-refractivity contribution in [1.82, 2.24) is 5.32 Å². The van der Waals surface area contributed by atoms with E-state index in [1.54, 1.807) is 12.2 Å². The van der Waals surface area contributed by atoms with Crippen molar-refractivity contribution >= 4 is 5.91 Å². The first-order valence-electron chi connectivity index (χ1n) is 6.64. The Morgan fingerprint density at radius 1 is 1.32 bits per heavy atom. The molecule has 22 heavy (non-hydrogen) atoms. The van der Waals surface area contributed by atoms with Crippen LogP contribution < -0.4 is 5.32 Å². The summed E-state index contributed by atoms with van der Waals surface area (Å²) in [5.74, 6) is -4.44. The number of carbonyl (C=O) groups excluding carboxylic acids is 1. The molecule has 0 unspecified atom stereocenters. The fraction of sp³-hybridized carbons (Fsp3) is 0.500. The molecular weight excluding hydrogens is 309 g/mol. The van der Waals surface area contributed by atoms with E-state index in [9.17, 15) is 26.7 Å². The summed E-state index contributed by atoms with van der Waals surface area (Å²) in [5.41, 5.74) is -1.21. The van der Waals surface area contributed by atoms with Crippen LogP contribution in [0.2, 0.25) is 0 Å². The number of ether oxygens (including phenoxy) is 1. The van der Waals surface area contributed by atoms with Crippen LogP contribution >= 0.6 is 0 Å². The Morgan fingerprint density at radius 3 is 2.36 bits per heavy atom. The van der Waals surface area contributed by atoms with Crippen LogP contribution in [0, 0.1) is 17.6 Å². The molecule has 0 radical (unpaired) electrons. The smallest absolute Gasteiger partial charge is 0.378 e. The predicted octanol–water partition coefficient (Wildman–Crippen LogP) is 3.11. The lowest BCUT2D eigenvalue weighted by Gasteiger charge is -2.25. The van der Waals surface area contributed by atoms with E-state index in [1.807, 2.05) is 0 Å². The number of rotatable bonds is 3. The van der Waals surface area contributed by atoms with Gasteiger partial charge in [-0.25, -0.2) is 8.78 Å². The lowest BCUT2D eigenvalue weighted by Crippen LogP contribution is -2.43. The van der Waals surface area contributed by atoms with Gasteiger partial charge in [0.15, 0.2) is 6.04 Å². The van der Waals surface area contributed by atoms with Gasteiger partial charge >= 0.3 is 6.18 Å². The van der Waals surface area contributed by atoms with Gasteiger partial charge in [-0.15, -0.1) is 0 Å². The van der Waals surface area contributed by atoms with Gasteiger partial charge in [0.2, 0.25) is 5.91 Å². The number of benzene rings is 1.